The summed E-state index contributed by atoms with van der Waals surface area (Å²) < 4.78 is 5.79. The second-order valence-corrected chi connectivity index (χ2v) is 5.44. The van der Waals surface area contributed by atoms with Gasteiger partial charge in [0.1, 0.15) is 0 Å². The number of nitrogens with two attached hydrogens (primary N) is 1. The minimum absolute atomic E-state index is 0.343. The summed E-state index contributed by atoms with van der Waals surface area (Å²) >= 11 is 0. The molecular formula is C12H25N3O. The number of nitrogens with zero attached hydrogens (tertiary/aromatic N) is 2. The number of ether oxygens (including phenoxy) is 1. The molecule has 16 heavy (non-hydrogen) atoms. The Morgan fingerprint density at radius 1 is 1.31 bits per heavy atom. The maximum Gasteiger partial charge on any atom is 0.0829 e. The highest BCUT2D eigenvalue weighted by Crippen LogP contribution is 2.16. The molecule has 4 heteroatoms. The summed E-state index contributed by atoms with van der Waals surface area (Å²) in [5.74, 6) is 0.672. The summed E-state index contributed by atoms with van der Waals surface area (Å²) in [6.07, 6.45) is 1.60. The Hall–Kier alpha value is -0.160. The molecule has 2 rings (SSSR count). The summed E-state index contributed by atoms with van der Waals surface area (Å²) in [7, 11) is 2.17. The maximum atomic E-state index is 6.11. The SMILES string of the molecule is CC1CCN(CC2CN(C)CCO2)CC1N. The average Bonchev–Trinajstić information content (AvgIpc) is 2.24. The summed E-state index contributed by atoms with van der Waals surface area (Å²) in [6.45, 7) is 8.51. The summed E-state index contributed by atoms with van der Waals surface area (Å²) in [5, 5.41) is 0. The van der Waals surface area contributed by atoms with E-state index in [2.05, 4.69) is 23.8 Å². The fourth-order valence-corrected chi connectivity index (χ4v) is 2.60. The van der Waals surface area contributed by atoms with Gasteiger partial charge in [-0.25, -0.2) is 0 Å². The van der Waals surface area contributed by atoms with Crippen LogP contribution in [0.3, 0.4) is 0 Å². The van der Waals surface area contributed by atoms with Gasteiger partial charge in [0, 0.05) is 32.2 Å². The third-order valence-electron chi connectivity index (χ3n) is 3.90. The number of rotatable bonds is 2. The van der Waals surface area contributed by atoms with E-state index in [4.69, 9.17) is 10.5 Å². The number of piperidine rings is 1. The molecule has 3 unspecified atom stereocenters. The predicted octanol–water partition coefficient (Wildman–Crippen LogP) is -0.0139. The fraction of sp³-hybridized carbons (Fsp3) is 1.00. The Morgan fingerprint density at radius 3 is 2.81 bits per heavy atom. The van der Waals surface area contributed by atoms with E-state index in [1.54, 1.807) is 0 Å². The van der Waals surface area contributed by atoms with Gasteiger partial charge in [-0.05, 0) is 25.9 Å². The first-order valence-corrected chi connectivity index (χ1v) is 6.43. The highest BCUT2D eigenvalue weighted by molar-refractivity contribution is 4.83. The van der Waals surface area contributed by atoms with E-state index in [-0.39, 0.29) is 0 Å². The van der Waals surface area contributed by atoms with Crippen LogP contribution in [0.25, 0.3) is 0 Å². The van der Waals surface area contributed by atoms with Gasteiger partial charge in [0.15, 0.2) is 0 Å². The predicted molar refractivity (Wildman–Crippen MR) is 65.4 cm³/mol. The van der Waals surface area contributed by atoms with Crippen LogP contribution in [0, 0.1) is 5.92 Å². The zero-order chi connectivity index (χ0) is 11.5. The molecule has 0 amide bonds. The van der Waals surface area contributed by atoms with Crippen molar-refractivity contribution >= 4 is 0 Å². The van der Waals surface area contributed by atoms with Gasteiger partial charge in [-0.3, -0.25) is 4.90 Å². The molecule has 2 saturated heterocycles. The molecule has 0 radical (unpaired) electrons. The second kappa shape index (κ2) is 5.45. The van der Waals surface area contributed by atoms with Crippen LogP contribution < -0.4 is 5.73 Å². The first-order valence-electron chi connectivity index (χ1n) is 6.43. The van der Waals surface area contributed by atoms with E-state index < -0.39 is 0 Å². The molecule has 2 aliphatic rings. The van der Waals surface area contributed by atoms with Gasteiger partial charge in [0.05, 0.1) is 12.7 Å². The Bertz CT molecular complexity index is 224. The largest absolute Gasteiger partial charge is 0.374 e. The molecule has 0 aliphatic carbocycles. The number of morpholine rings is 1. The lowest BCUT2D eigenvalue weighted by Gasteiger charge is -2.39. The van der Waals surface area contributed by atoms with Crippen molar-refractivity contribution < 1.29 is 4.74 Å². The molecule has 2 aliphatic heterocycles. The molecule has 0 aromatic rings. The highest BCUT2D eigenvalue weighted by atomic mass is 16.5. The van der Waals surface area contributed by atoms with Gasteiger partial charge < -0.3 is 15.4 Å². The molecule has 0 aromatic heterocycles. The lowest BCUT2D eigenvalue weighted by atomic mass is 9.94. The molecule has 4 nitrogen and oxygen atoms in total. The van der Waals surface area contributed by atoms with Crippen LogP contribution in [0.1, 0.15) is 13.3 Å². The number of hydrogen-bond donors (Lipinski definition) is 1. The van der Waals surface area contributed by atoms with Crippen molar-refractivity contribution in [2.24, 2.45) is 11.7 Å². The summed E-state index contributed by atoms with van der Waals surface area (Å²) in [4.78, 5) is 4.81. The molecule has 2 N–H and O–H groups in total. The van der Waals surface area contributed by atoms with E-state index in [0.29, 0.717) is 18.1 Å². The van der Waals surface area contributed by atoms with Crippen molar-refractivity contribution in [3.05, 3.63) is 0 Å². The van der Waals surface area contributed by atoms with Crippen LogP contribution in [0.2, 0.25) is 0 Å². The smallest absolute Gasteiger partial charge is 0.0829 e. The number of likely N-dealkylation sites (N-methyl/N-ethyl adjacent to an activating group) is 1. The fourth-order valence-electron chi connectivity index (χ4n) is 2.60. The van der Waals surface area contributed by atoms with Gasteiger partial charge >= 0.3 is 0 Å². The zero-order valence-electron chi connectivity index (χ0n) is 10.6. The molecule has 0 bridgehead atoms. The standard InChI is InChI=1S/C12H25N3O/c1-10-3-4-15(9-12(10)13)8-11-7-14(2)5-6-16-11/h10-12H,3-9,13H2,1-2H3. The Balaban J connectivity index is 1.76. The van der Waals surface area contributed by atoms with Gasteiger partial charge in [-0.15, -0.1) is 0 Å². The van der Waals surface area contributed by atoms with Crippen LogP contribution in [0.4, 0.5) is 0 Å². The Labute approximate surface area is 98.7 Å². The molecule has 0 aromatic carbocycles. The third kappa shape index (κ3) is 3.17. The lowest BCUT2D eigenvalue weighted by Crippen LogP contribution is -2.52. The van der Waals surface area contributed by atoms with E-state index in [0.717, 1.165) is 32.8 Å². The minimum Gasteiger partial charge on any atom is -0.374 e. The monoisotopic (exact) mass is 227 g/mol. The highest BCUT2D eigenvalue weighted by Gasteiger charge is 2.26. The third-order valence-corrected chi connectivity index (χ3v) is 3.90. The molecule has 0 spiro atoms. The second-order valence-electron chi connectivity index (χ2n) is 5.44. The molecule has 2 heterocycles. The normalized spacial score (nSPS) is 38.8. The van der Waals surface area contributed by atoms with Crippen molar-refractivity contribution in [3.63, 3.8) is 0 Å². The topological polar surface area (TPSA) is 41.7 Å². The van der Waals surface area contributed by atoms with Gasteiger partial charge in [0.2, 0.25) is 0 Å². The lowest BCUT2D eigenvalue weighted by molar-refractivity contribution is -0.0402. The van der Waals surface area contributed by atoms with Crippen molar-refractivity contribution in [1.29, 1.82) is 0 Å². The first kappa shape index (κ1) is 12.3. The van der Waals surface area contributed by atoms with E-state index in [1.807, 2.05) is 0 Å². The van der Waals surface area contributed by atoms with Crippen molar-refractivity contribution in [3.8, 4) is 0 Å². The van der Waals surface area contributed by atoms with Gasteiger partial charge in [0.25, 0.3) is 0 Å². The van der Waals surface area contributed by atoms with E-state index in [9.17, 15) is 0 Å². The number of hydrogen-bond acceptors (Lipinski definition) is 4. The van der Waals surface area contributed by atoms with Crippen LogP contribution in [0.5, 0.6) is 0 Å². The molecule has 3 atom stereocenters. The van der Waals surface area contributed by atoms with Crippen molar-refractivity contribution in [2.45, 2.75) is 25.5 Å². The summed E-state index contributed by atoms with van der Waals surface area (Å²) in [5.41, 5.74) is 6.11. The van der Waals surface area contributed by atoms with Gasteiger partial charge in [-0.2, -0.15) is 0 Å². The quantitative estimate of drug-likeness (QED) is 0.720. The van der Waals surface area contributed by atoms with Crippen LogP contribution >= 0.6 is 0 Å². The molecular weight excluding hydrogens is 202 g/mol. The van der Waals surface area contributed by atoms with Crippen molar-refractivity contribution in [2.75, 3.05) is 46.4 Å². The van der Waals surface area contributed by atoms with E-state index in [1.165, 1.54) is 13.0 Å². The van der Waals surface area contributed by atoms with Crippen molar-refractivity contribution in [1.82, 2.24) is 9.80 Å². The van der Waals surface area contributed by atoms with Gasteiger partial charge in [-0.1, -0.05) is 6.92 Å². The zero-order valence-corrected chi connectivity index (χ0v) is 10.6. The van der Waals surface area contributed by atoms with Crippen LogP contribution in [-0.4, -0.2) is 68.3 Å². The van der Waals surface area contributed by atoms with Crippen LogP contribution in [-0.2, 0) is 4.74 Å². The number of likely N-dealkylation sites (tertiary alicyclic amines) is 1. The average molecular weight is 227 g/mol. The Morgan fingerprint density at radius 2 is 2.12 bits per heavy atom. The molecule has 2 fully saturated rings. The summed E-state index contributed by atoms with van der Waals surface area (Å²) in [6, 6.07) is 0.343. The molecule has 94 valence electrons. The maximum absolute atomic E-state index is 6.11. The Kier molecular flexibility index (Phi) is 4.19. The first-order chi connectivity index (χ1) is 7.65. The van der Waals surface area contributed by atoms with Crippen LogP contribution in [0.15, 0.2) is 0 Å². The van der Waals surface area contributed by atoms with E-state index >= 15 is 0 Å². The minimum atomic E-state index is 0.343. The molecule has 0 saturated carbocycles.